The SMILES string of the molecule is CCNc1ncnc(N(C)C(C)CC(C)C)c1C. The van der Waals surface area contributed by atoms with Gasteiger partial charge in [0, 0.05) is 25.2 Å². The maximum absolute atomic E-state index is 4.42. The minimum atomic E-state index is 0.480. The van der Waals surface area contributed by atoms with Crippen LogP contribution in [-0.2, 0) is 0 Å². The largest absolute Gasteiger partial charge is 0.370 e. The van der Waals surface area contributed by atoms with Crippen molar-refractivity contribution in [1.82, 2.24) is 9.97 Å². The van der Waals surface area contributed by atoms with Gasteiger partial charge in [0.25, 0.3) is 0 Å². The van der Waals surface area contributed by atoms with Crippen LogP contribution in [0.25, 0.3) is 0 Å². The topological polar surface area (TPSA) is 41.1 Å². The average molecular weight is 250 g/mol. The maximum atomic E-state index is 4.42. The molecule has 0 saturated carbocycles. The molecule has 0 aromatic carbocycles. The van der Waals surface area contributed by atoms with Crippen molar-refractivity contribution in [2.24, 2.45) is 5.92 Å². The summed E-state index contributed by atoms with van der Waals surface area (Å²) in [5.74, 6) is 2.65. The highest BCUT2D eigenvalue weighted by Gasteiger charge is 2.16. The van der Waals surface area contributed by atoms with Crippen molar-refractivity contribution < 1.29 is 0 Å². The summed E-state index contributed by atoms with van der Waals surface area (Å²) in [6.07, 6.45) is 2.80. The van der Waals surface area contributed by atoms with Gasteiger partial charge < -0.3 is 10.2 Å². The molecule has 102 valence electrons. The lowest BCUT2D eigenvalue weighted by Gasteiger charge is -2.28. The standard InChI is InChI=1S/C14H26N4/c1-7-15-13-12(5)14(17-9-16-13)18(6)11(4)8-10(2)3/h9-11H,7-8H2,1-6H3,(H,15,16,17). The summed E-state index contributed by atoms with van der Waals surface area (Å²) in [5, 5.41) is 3.27. The predicted molar refractivity (Wildman–Crippen MR) is 78.3 cm³/mol. The van der Waals surface area contributed by atoms with E-state index in [1.54, 1.807) is 6.33 Å². The highest BCUT2D eigenvalue weighted by Crippen LogP contribution is 2.24. The Morgan fingerprint density at radius 3 is 2.50 bits per heavy atom. The highest BCUT2D eigenvalue weighted by molar-refractivity contribution is 5.57. The Morgan fingerprint density at radius 1 is 1.28 bits per heavy atom. The summed E-state index contributed by atoms with van der Waals surface area (Å²) < 4.78 is 0. The molecule has 0 aliphatic heterocycles. The number of hydrogen-bond acceptors (Lipinski definition) is 4. The molecule has 0 amide bonds. The summed E-state index contributed by atoms with van der Waals surface area (Å²) in [5.41, 5.74) is 1.12. The first-order valence-corrected chi connectivity index (χ1v) is 6.75. The van der Waals surface area contributed by atoms with Crippen LogP contribution in [0.15, 0.2) is 6.33 Å². The number of hydrogen-bond donors (Lipinski definition) is 1. The molecule has 18 heavy (non-hydrogen) atoms. The summed E-state index contributed by atoms with van der Waals surface area (Å²) in [4.78, 5) is 11.0. The van der Waals surface area contributed by atoms with Gasteiger partial charge in [-0.1, -0.05) is 13.8 Å². The fraction of sp³-hybridized carbons (Fsp3) is 0.714. The van der Waals surface area contributed by atoms with E-state index in [0.717, 1.165) is 30.2 Å². The minimum absolute atomic E-state index is 0.480. The van der Waals surface area contributed by atoms with Gasteiger partial charge in [-0.2, -0.15) is 0 Å². The molecule has 0 saturated heterocycles. The number of rotatable bonds is 6. The Hall–Kier alpha value is -1.32. The molecule has 4 nitrogen and oxygen atoms in total. The maximum Gasteiger partial charge on any atom is 0.137 e. The van der Waals surface area contributed by atoms with Crippen LogP contribution in [0.1, 0.15) is 39.7 Å². The number of nitrogens with one attached hydrogen (secondary N) is 1. The van der Waals surface area contributed by atoms with Crippen molar-refractivity contribution in [1.29, 1.82) is 0 Å². The van der Waals surface area contributed by atoms with E-state index in [0.29, 0.717) is 12.0 Å². The summed E-state index contributed by atoms with van der Waals surface area (Å²) in [7, 11) is 2.11. The van der Waals surface area contributed by atoms with E-state index in [9.17, 15) is 0 Å². The molecule has 1 aromatic heterocycles. The van der Waals surface area contributed by atoms with E-state index >= 15 is 0 Å². The Kier molecular flexibility index (Phi) is 5.38. The van der Waals surface area contributed by atoms with Crippen molar-refractivity contribution in [3.63, 3.8) is 0 Å². The van der Waals surface area contributed by atoms with E-state index in [1.165, 1.54) is 0 Å². The molecule has 1 rings (SSSR count). The van der Waals surface area contributed by atoms with Crippen LogP contribution >= 0.6 is 0 Å². The van der Waals surface area contributed by atoms with E-state index in [2.05, 4.69) is 61.9 Å². The number of anilines is 2. The minimum Gasteiger partial charge on any atom is -0.370 e. The second-order valence-electron chi connectivity index (χ2n) is 5.29. The zero-order valence-corrected chi connectivity index (χ0v) is 12.5. The van der Waals surface area contributed by atoms with Gasteiger partial charge in [-0.3, -0.25) is 0 Å². The van der Waals surface area contributed by atoms with Crippen LogP contribution in [0.3, 0.4) is 0 Å². The number of nitrogens with zero attached hydrogens (tertiary/aromatic N) is 3. The van der Waals surface area contributed by atoms with Crippen LogP contribution in [0.2, 0.25) is 0 Å². The fourth-order valence-corrected chi connectivity index (χ4v) is 2.19. The molecule has 0 radical (unpaired) electrons. The molecule has 4 heteroatoms. The van der Waals surface area contributed by atoms with Gasteiger partial charge >= 0.3 is 0 Å². The first kappa shape index (κ1) is 14.7. The fourth-order valence-electron chi connectivity index (χ4n) is 2.19. The van der Waals surface area contributed by atoms with Crippen molar-refractivity contribution in [2.75, 3.05) is 23.8 Å². The lowest BCUT2D eigenvalue weighted by atomic mass is 10.0. The Balaban J connectivity index is 2.91. The highest BCUT2D eigenvalue weighted by atomic mass is 15.2. The molecule has 0 spiro atoms. The quantitative estimate of drug-likeness (QED) is 0.842. The zero-order chi connectivity index (χ0) is 13.7. The van der Waals surface area contributed by atoms with Gasteiger partial charge in [-0.15, -0.1) is 0 Å². The van der Waals surface area contributed by atoms with E-state index in [-0.39, 0.29) is 0 Å². The van der Waals surface area contributed by atoms with Gasteiger partial charge in [-0.25, -0.2) is 9.97 Å². The Bertz CT molecular complexity index is 376. The molecule has 1 heterocycles. The molecule has 1 unspecified atom stereocenters. The third kappa shape index (κ3) is 3.59. The molecule has 1 aromatic rings. The van der Waals surface area contributed by atoms with Crippen molar-refractivity contribution in [3.05, 3.63) is 11.9 Å². The molecular formula is C14H26N4. The van der Waals surface area contributed by atoms with Crippen LogP contribution in [0.4, 0.5) is 11.6 Å². The van der Waals surface area contributed by atoms with E-state index in [1.807, 2.05) is 0 Å². The third-order valence-electron chi connectivity index (χ3n) is 3.21. The molecule has 0 fully saturated rings. The van der Waals surface area contributed by atoms with Gasteiger partial charge in [0.2, 0.25) is 0 Å². The monoisotopic (exact) mass is 250 g/mol. The van der Waals surface area contributed by atoms with Gasteiger partial charge in [-0.05, 0) is 33.1 Å². The van der Waals surface area contributed by atoms with E-state index < -0.39 is 0 Å². The first-order valence-electron chi connectivity index (χ1n) is 6.75. The van der Waals surface area contributed by atoms with Gasteiger partial charge in [0.1, 0.15) is 18.0 Å². The van der Waals surface area contributed by atoms with Crippen LogP contribution in [-0.4, -0.2) is 29.6 Å². The van der Waals surface area contributed by atoms with Crippen LogP contribution < -0.4 is 10.2 Å². The first-order chi connectivity index (χ1) is 8.47. The normalized spacial score (nSPS) is 12.6. The van der Waals surface area contributed by atoms with Crippen LogP contribution in [0.5, 0.6) is 0 Å². The Morgan fingerprint density at radius 2 is 1.94 bits per heavy atom. The molecular weight excluding hydrogens is 224 g/mol. The number of aromatic nitrogens is 2. The zero-order valence-electron chi connectivity index (χ0n) is 12.5. The van der Waals surface area contributed by atoms with Gasteiger partial charge in [0.15, 0.2) is 0 Å². The lowest BCUT2D eigenvalue weighted by Crippen LogP contribution is -2.31. The second-order valence-corrected chi connectivity index (χ2v) is 5.29. The smallest absolute Gasteiger partial charge is 0.137 e. The van der Waals surface area contributed by atoms with Crippen molar-refractivity contribution in [3.8, 4) is 0 Å². The molecule has 0 bridgehead atoms. The Labute approximate surface area is 111 Å². The molecule has 0 aliphatic carbocycles. The van der Waals surface area contributed by atoms with Gasteiger partial charge in [0.05, 0.1) is 0 Å². The molecule has 1 N–H and O–H groups in total. The van der Waals surface area contributed by atoms with Crippen LogP contribution in [0, 0.1) is 12.8 Å². The molecule has 0 aliphatic rings. The third-order valence-corrected chi connectivity index (χ3v) is 3.21. The van der Waals surface area contributed by atoms with Crippen molar-refractivity contribution >= 4 is 11.6 Å². The lowest BCUT2D eigenvalue weighted by molar-refractivity contribution is 0.501. The summed E-state index contributed by atoms with van der Waals surface area (Å²) in [6, 6.07) is 0.480. The average Bonchev–Trinajstić information content (AvgIpc) is 2.30. The molecule has 1 atom stereocenters. The van der Waals surface area contributed by atoms with E-state index in [4.69, 9.17) is 0 Å². The predicted octanol–water partition coefficient (Wildman–Crippen LogP) is 3.09. The van der Waals surface area contributed by atoms with Crippen molar-refractivity contribution in [2.45, 2.75) is 47.1 Å². The second kappa shape index (κ2) is 6.57. The summed E-state index contributed by atoms with van der Waals surface area (Å²) in [6.45, 7) is 11.8. The summed E-state index contributed by atoms with van der Waals surface area (Å²) >= 11 is 0.